The Morgan fingerprint density at radius 1 is 0.931 bits per heavy atom. The number of carbonyl (C=O) groups excluding carboxylic acids is 1. The molecule has 3 aromatic carbocycles. The monoisotopic (exact) mass is 449 g/mol. The second-order valence-corrected chi connectivity index (χ2v) is 8.57. The summed E-state index contributed by atoms with van der Waals surface area (Å²) < 4.78 is 32.9. The zero-order valence-corrected chi connectivity index (χ0v) is 17.7. The summed E-state index contributed by atoms with van der Waals surface area (Å²) in [5.41, 5.74) is 0.230. The summed E-state index contributed by atoms with van der Waals surface area (Å²) >= 11 is 12.0. The smallest absolute Gasteiger partial charge is 0.273 e. The number of rotatable bonds is 6. The van der Waals surface area contributed by atoms with Crippen LogP contribution in [0.1, 0.15) is 17.3 Å². The van der Waals surface area contributed by atoms with E-state index in [2.05, 4.69) is 0 Å². The fourth-order valence-electron chi connectivity index (χ4n) is 2.67. The fourth-order valence-corrected chi connectivity index (χ4v) is 4.41. The van der Waals surface area contributed by atoms with Gasteiger partial charge >= 0.3 is 0 Å². The second kappa shape index (κ2) is 8.86. The van der Waals surface area contributed by atoms with E-state index >= 15 is 0 Å². The van der Waals surface area contributed by atoms with Crippen molar-refractivity contribution in [1.82, 2.24) is 0 Å². The van der Waals surface area contributed by atoms with Gasteiger partial charge in [-0.25, -0.2) is 8.42 Å². The van der Waals surface area contributed by atoms with E-state index in [9.17, 15) is 13.2 Å². The predicted octanol–water partition coefficient (Wildman–Crippen LogP) is 5.43. The highest BCUT2D eigenvalue weighted by atomic mass is 35.5. The van der Waals surface area contributed by atoms with Crippen LogP contribution in [0.2, 0.25) is 10.0 Å². The Morgan fingerprint density at radius 2 is 1.55 bits per heavy atom. The SMILES string of the molecule is CCOc1ccc(N(C(=O)c2ccccc2Cl)S(=O)(=O)c2ccc(Cl)cc2)cc1. The maximum Gasteiger partial charge on any atom is 0.273 e. The highest BCUT2D eigenvalue weighted by Crippen LogP contribution is 2.30. The molecular formula is C21H17Cl2NO4S. The molecule has 3 aromatic rings. The van der Waals surface area contributed by atoms with E-state index in [0.717, 1.165) is 4.31 Å². The zero-order valence-electron chi connectivity index (χ0n) is 15.4. The highest BCUT2D eigenvalue weighted by Gasteiger charge is 2.32. The third-order valence-electron chi connectivity index (χ3n) is 4.02. The average Bonchev–Trinajstić information content (AvgIpc) is 2.70. The standard InChI is InChI=1S/C21H17Cl2NO4S/c1-2-28-17-11-9-16(10-12-17)24(21(25)19-5-3-4-6-20(19)23)29(26,27)18-13-7-15(22)8-14-18/h3-14H,2H2,1H3. The molecule has 0 N–H and O–H groups in total. The van der Waals surface area contributed by atoms with Crippen molar-refractivity contribution in [3.05, 3.63) is 88.4 Å². The van der Waals surface area contributed by atoms with E-state index in [-0.39, 0.29) is 21.2 Å². The summed E-state index contributed by atoms with van der Waals surface area (Å²) in [6.07, 6.45) is 0. The molecule has 0 unspecified atom stereocenters. The largest absolute Gasteiger partial charge is 0.494 e. The van der Waals surface area contributed by atoms with Crippen molar-refractivity contribution in [2.75, 3.05) is 10.9 Å². The van der Waals surface area contributed by atoms with Gasteiger partial charge in [0.1, 0.15) is 5.75 Å². The normalized spacial score (nSPS) is 11.1. The van der Waals surface area contributed by atoms with Gasteiger partial charge in [0.05, 0.1) is 27.8 Å². The van der Waals surface area contributed by atoms with Crippen LogP contribution in [0.25, 0.3) is 0 Å². The Hall–Kier alpha value is -2.54. The van der Waals surface area contributed by atoms with Gasteiger partial charge in [-0.15, -0.1) is 0 Å². The Kier molecular flexibility index (Phi) is 6.47. The van der Waals surface area contributed by atoms with Crippen LogP contribution in [0.4, 0.5) is 5.69 Å². The molecule has 0 bridgehead atoms. The van der Waals surface area contributed by atoms with E-state index in [1.165, 1.54) is 48.5 Å². The second-order valence-electron chi connectivity index (χ2n) is 5.94. The van der Waals surface area contributed by atoms with Gasteiger partial charge < -0.3 is 4.74 Å². The first-order chi connectivity index (χ1) is 13.8. The minimum atomic E-state index is -4.23. The van der Waals surface area contributed by atoms with Gasteiger partial charge in [-0.05, 0) is 67.6 Å². The lowest BCUT2D eigenvalue weighted by molar-refractivity contribution is 0.101. The maximum atomic E-state index is 13.4. The lowest BCUT2D eigenvalue weighted by atomic mass is 10.2. The molecule has 0 aliphatic rings. The van der Waals surface area contributed by atoms with Crippen LogP contribution < -0.4 is 9.04 Å². The molecule has 150 valence electrons. The van der Waals surface area contributed by atoms with E-state index < -0.39 is 15.9 Å². The van der Waals surface area contributed by atoms with Crippen molar-refractivity contribution in [3.8, 4) is 5.75 Å². The summed E-state index contributed by atoms with van der Waals surface area (Å²) in [4.78, 5) is 13.2. The van der Waals surface area contributed by atoms with Crippen molar-refractivity contribution in [3.63, 3.8) is 0 Å². The number of anilines is 1. The molecule has 5 nitrogen and oxygen atoms in total. The van der Waals surface area contributed by atoms with Gasteiger partial charge in [-0.1, -0.05) is 35.3 Å². The number of hydrogen-bond acceptors (Lipinski definition) is 4. The van der Waals surface area contributed by atoms with Crippen LogP contribution >= 0.6 is 23.2 Å². The van der Waals surface area contributed by atoms with Crippen molar-refractivity contribution in [2.45, 2.75) is 11.8 Å². The molecule has 0 saturated carbocycles. The molecule has 0 fully saturated rings. The van der Waals surface area contributed by atoms with Crippen LogP contribution in [-0.4, -0.2) is 20.9 Å². The fraction of sp³-hybridized carbons (Fsp3) is 0.0952. The summed E-state index contributed by atoms with van der Waals surface area (Å²) in [6.45, 7) is 2.30. The molecule has 0 saturated heterocycles. The molecule has 0 radical (unpaired) electrons. The van der Waals surface area contributed by atoms with Crippen molar-refractivity contribution in [1.29, 1.82) is 0 Å². The van der Waals surface area contributed by atoms with E-state index in [0.29, 0.717) is 17.4 Å². The molecular weight excluding hydrogens is 433 g/mol. The number of ether oxygens (including phenoxy) is 1. The first-order valence-electron chi connectivity index (χ1n) is 8.67. The third-order valence-corrected chi connectivity index (χ3v) is 6.33. The average molecular weight is 450 g/mol. The lowest BCUT2D eigenvalue weighted by Crippen LogP contribution is -2.37. The molecule has 1 amide bonds. The molecule has 0 aliphatic heterocycles. The molecule has 8 heteroatoms. The maximum absolute atomic E-state index is 13.4. The number of hydrogen-bond donors (Lipinski definition) is 0. The lowest BCUT2D eigenvalue weighted by Gasteiger charge is -2.23. The van der Waals surface area contributed by atoms with Gasteiger partial charge in [0.15, 0.2) is 0 Å². The summed E-state index contributed by atoms with van der Waals surface area (Å²) in [5, 5.41) is 0.536. The Balaban J connectivity index is 2.14. The number of sulfonamides is 1. The predicted molar refractivity (Wildman–Crippen MR) is 115 cm³/mol. The minimum absolute atomic E-state index is 0.0700. The molecule has 29 heavy (non-hydrogen) atoms. The van der Waals surface area contributed by atoms with E-state index in [1.54, 1.807) is 24.3 Å². The number of amides is 1. The van der Waals surface area contributed by atoms with Crippen LogP contribution in [0.5, 0.6) is 5.75 Å². The van der Waals surface area contributed by atoms with Gasteiger partial charge in [-0.2, -0.15) is 4.31 Å². The van der Waals surface area contributed by atoms with Gasteiger partial charge in [0.2, 0.25) is 0 Å². The van der Waals surface area contributed by atoms with Crippen molar-refractivity contribution >= 4 is 44.8 Å². The van der Waals surface area contributed by atoms with E-state index in [4.69, 9.17) is 27.9 Å². The topological polar surface area (TPSA) is 63.7 Å². The molecule has 0 heterocycles. The minimum Gasteiger partial charge on any atom is -0.494 e. The third kappa shape index (κ3) is 4.56. The molecule has 0 aliphatic carbocycles. The first-order valence-corrected chi connectivity index (χ1v) is 10.9. The molecule has 0 spiro atoms. The van der Waals surface area contributed by atoms with Crippen LogP contribution in [0.3, 0.4) is 0 Å². The summed E-state index contributed by atoms with van der Waals surface area (Å²) in [7, 11) is -4.23. The zero-order chi connectivity index (χ0) is 21.0. The quantitative estimate of drug-likeness (QED) is 0.503. The number of benzene rings is 3. The number of halogens is 2. The van der Waals surface area contributed by atoms with Crippen molar-refractivity contribution in [2.24, 2.45) is 0 Å². The summed E-state index contributed by atoms with van der Waals surface area (Å²) in [5.74, 6) is -0.208. The number of carbonyl (C=O) groups is 1. The molecule has 0 aromatic heterocycles. The summed E-state index contributed by atoms with van der Waals surface area (Å²) in [6, 6.07) is 18.1. The first kappa shape index (κ1) is 21.2. The highest BCUT2D eigenvalue weighted by molar-refractivity contribution is 7.93. The molecule has 0 atom stereocenters. The van der Waals surface area contributed by atoms with E-state index in [1.807, 2.05) is 6.92 Å². The van der Waals surface area contributed by atoms with Crippen LogP contribution in [0, 0.1) is 0 Å². The number of nitrogens with zero attached hydrogens (tertiary/aromatic N) is 1. The van der Waals surface area contributed by atoms with Crippen molar-refractivity contribution < 1.29 is 17.9 Å². The van der Waals surface area contributed by atoms with Gasteiger partial charge in [0.25, 0.3) is 15.9 Å². The molecule has 3 rings (SSSR count). The van der Waals surface area contributed by atoms with Crippen LogP contribution in [0.15, 0.2) is 77.7 Å². The Morgan fingerprint density at radius 3 is 2.14 bits per heavy atom. The Labute approximate surface area is 179 Å². The Bertz CT molecular complexity index is 1110. The van der Waals surface area contributed by atoms with Gasteiger partial charge in [0, 0.05) is 5.02 Å². The van der Waals surface area contributed by atoms with Crippen LogP contribution in [-0.2, 0) is 10.0 Å². The van der Waals surface area contributed by atoms with Gasteiger partial charge in [-0.3, -0.25) is 4.79 Å².